The molecule has 0 aliphatic carbocycles. The molecule has 0 bridgehead atoms. The summed E-state index contributed by atoms with van der Waals surface area (Å²) in [5.41, 5.74) is 1.98. The summed E-state index contributed by atoms with van der Waals surface area (Å²) >= 11 is 0. The van der Waals surface area contributed by atoms with Gasteiger partial charge in [-0.1, -0.05) is 6.07 Å². The number of carbonyl (C=O) groups is 1. The smallest absolute Gasteiger partial charge is 0.337 e. The van der Waals surface area contributed by atoms with Crippen LogP contribution in [0.4, 0.5) is 5.69 Å². The molecular weight excluding hydrogens is 242 g/mol. The number of aromatic carboxylic acids is 1. The van der Waals surface area contributed by atoms with Crippen molar-refractivity contribution < 1.29 is 9.90 Å². The summed E-state index contributed by atoms with van der Waals surface area (Å²) in [6.45, 7) is 2.59. The number of carboxylic acid groups (broad SMARTS) is 1. The van der Waals surface area contributed by atoms with Crippen molar-refractivity contribution in [2.45, 2.75) is 13.3 Å². The van der Waals surface area contributed by atoms with E-state index in [1.54, 1.807) is 18.3 Å². The van der Waals surface area contributed by atoms with Gasteiger partial charge in [-0.15, -0.1) is 0 Å². The summed E-state index contributed by atoms with van der Waals surface area (Å²) in [5.74, 6) is 0.0523. The Balaban J connectivity index is 2.05. The third-order valence-corrected chi connectivity index (χ3v) is 2.99. The Hall–Kier alpha value is -2.30. The van der Waals surface area contributed by atoms with Gasteiger partial charge in [-0.2, -0.15) is 0 Å². The van der Waals surface area contributed by atoms with Gasteiger partial charge in [-0.25, -0.2) is 9.78 Å². The van der Waals surface area contributed by atoms with Crippen LogP contribution in [0.15, 0.2) is 30.6 Å². The number of imidazole rings is 1. The maximum absolute atomic E-state index is 11.1. The molecule has 2 N–H and O–H groups in total. The zero-order valence-corrected chi connectivity index (χ0v) is 11.1. The van der Waals surface area contributed by atoms with Crippen molar-refractivity contribution >= 4 is 11.7 Å². The summed E-state index contributed by atoms with van der Waals surface area (Å²) in [6, 6.07) is 5.27. The highest BCUT2D eigenvalue weighted by Gasteiger charge is 2.09. The number of aromatic nitrogens is 2. The van der Waals surface area contributed by atoms with Crippen LogP contribution >= 0.6 is 0 Å². The van der Waals surface area contributed by atoms with Crippen LogP contribution in [0.1, 0.15) is 21.7 Å². The van der Waals surface area contributed by atoms with Crippen LogP contribution in [0.25, 0.3) is 0 Å². The minimum absolute atomic E-state index is 0.297. The van der Waals surface area contributed by atoms with Gasteiger partial charge in [-0.3, -0.25) is 0 Å². The molecule has 0 unspecified atom stereocenters. The van der Waals surface area contributed by atoms with E-state index in [1.807, 2.05) is 30.8 Å². The van der Waals surface area contributed by atoms with Crippen molar-refractivity contribution in [1.82, 2.24) is 9.55 Å². The summed E-state index contributed by atoms with van der Waals surface area (Å²) in [5, 5.41) is 12.3. The highest BCUT2D eigenvalue weighted by molar-refractivity contribution is 5.94. The molecule has 100 valence electrons. The van der Waals surface area contributed by atoms with Gasteiger partial charge in [-0.05, 0) is 24.6 Å². The Morgan fingerprint density at radius 3 is 2.89 bits per heavy atom. The minimum atomic E-state index is -0.917. The van der Waals surface area contributed by atoms with E-state index in [1.165, 1.54) is 0 Å². The molecule has 1 aromatic heterocycles. The zero-order valence-electron chi connectivity index (χ0n) is 11.1. The summed E-state index contributed by atoms with van der Waals surface area (Å²) in [6.07, 6.45) is 4.39. The first-order valence-electron chi connectivity index (χ1n) is 6.12. The second-order valence-electron chi connectivity index (χ2n) is 4.49. The van der Waals surface area contributed by atoms with E-state index in [0.717, 1.165) is 17.8 Å². The summed E-state index contributed by atoms with van der Waals surface area (Å²) < 4.78 is 1.95. The highest BCUT2D eigenvalue weighted by Crippen LogP contribution is 2.17. The topological polar surface area (TPSA) is 67.2 Å². The Morgan fingerprint density at radius 2 is 2.26 bits per heavy atom. The number of nitrogens with zero attached hydrogens (tertiary/aromatic N) is 2. The average molecular weight is 259 g/mol. The van der Waals surface area contributed by atoms with Crippen molar-refractivity contribution in [2.24, 2.45) is 7.05 Å². The lowest BCUT2D eigenvalue weighted by atomic mass is 10.1. The van der Waals surface area contributed by atoms with Gasteiger partial charge >= 0.3 is 5.97 Å². The van der Waals surface area contributed by atoms with Crippen molar-refractivity contribution in [3.8, 4) is 0 Å². The first kappa shape index (κ1) is 13.1. The average Bonchev–Trinajstić information content (AvgIpc) is 2.75. The van der Waals surface area contributed by atoms with Gasteiger partial charge in [0.2, 0.25) is 0 Å². The van der Waals surface area contributed by atoms with Crippen molar-refractivity contribution in [3.05, 3.63) is 47.5 Å². The predicted molar refractivity (Wildman–Crippen MR) is 73.5 cm³/mol. The SMILES string of the molecule is Cc1ccc(C(=O)O)c(NCCc2nccn2C)c1. The lowest BCUT2D eigenvalue weighted by molar-refractivity contribution is 0.0698. The molecule has 1 aromatic carbocycles. The molecule has 2 aromatic rings. The molecular formula is C14H17N3O2. The number of hydrogen-bond donors (Lipinski definition) is 2. The van der Waals surface area contributed by atoms with Gasteiger partial charge in [0.05, 0.1) is 5.56 Å². The Kier molecular flexibility index (Phi) is 3.85. The Labute approximate surface area is 111 Å². The summed E-state index contributed by atoms with van der Waals surface area (Å²) in [4.78, 5) is 15.4. The van der Waals surface area contributed by atoms with E-state index >= 15 is 0 Å². The molecule has 19 heavy (non-hydrogen) atoms. The van der Waals surface area contributed by atoms with Gasteiger partial charge in [0.1, 0.15) is 5.82 Å². The fourth-order valence-electron chi connectivity index (χ4n) is 1.94. The molecule has 0 aliphatic rings. The van der Waals surface area contributed by atoms with Gasteiger partial charge < -0.3 is 15.0 Å². The van der Waals surface area contributed by atoms with Crippen LogP contribution in [0.2, 0.25) is 0 Å². The van der Waals surface area contributed by atoms with Gasteiger partial charge in [0.25, 0.3) is 0 Å². The van der Waals surface area contributed by atoms with Crippen LogP contribution in [0.5, 0.6) is 0 Å². The lowest BCUT2D eigenvalue weighted by Gasteiger charge is -2.10. The van der Waals surface area contributed by atoms with Gasteiger partial charge in [0, 0.05) is 38.1 Å². The maximum atomic E-state index is 11.1. The lowest BCUT2D eigenvalue weighted by Crippen LogP contribution is -2.11. The third-order valence-electron chi connectivity index (χ3n) is 2.99. The first-order valence-corrected chi connectivity index (χ1v) is 6.12. The molecule has 0 atom stereocenters. The number of benzene rings is 1. The maximum Gasteiger partial charge on any atom is 0.337 e. The van der Waals surface area contributed by atoms with E-state index in [4.69, 9.17) is 5.11 Å². The largest absolute Gasteiger partial charge is 0.478 e. The molecule has 0 amide bonds. The molecule has 2 rings (SSSR count). The number of carboxylic acids is 1. The second-order valence-corrected chi connectivity index (χ2v) is 4.49. The predicted octanol–water partition coefficient (Wildman–Crippen LogP) is 2.08. The number of rotatable bonds is 5. The fourth-order valence-corrected chi connectivity index (χ4v) is 1.94. The number of hydrogen-bond acceptors (Lipinski definition) is 3. The number of aryl methyl sites for hydroxylation is 2. The molecule has 0 spiro atoms. The van der Waals surface area contributed by atoms with Crippen LogP contribution < -0.4 is 5.32 Å². The molecule has 0 saturated carbocycles. The molecule has 5 nitrogen and oxygen atoms in total. The monoisotopic (exact) mass is 259 g/mol. The van der Waals surface area contributed by atoms with E-state index in [9.17, 15) is 4.79 Å². The normalized spacial score (nSPS) is 10.4. The van der Waals surface area contributed by atoms with Crippen LogP contribution in [0, 0.1) is 6.92 Å². The van der Waals surface area contributed by atoms with Crippen LogP contribution in [0.3, 0.4) is 0 Å². The fraction of sp³-hybridized carbons (Fsp3) is 0.286. The first-order chi connectivity index (χ1) is 9.08. The third kappa shape index (κ3) is 3.13. The number of anilines is 1. The van der Waals surface area contributed by atoms with E-state index in [-0.39, 0.29) is 0 Å². The molecule has 1 heterocycles. The minimum Gasteiger partial charge on any atom is -0.478 e. The number of nitrogens with one attached hydrogen (secondary N) is 1. The second kappa shape index (κ2) is 5.56. The molecule has 0 radical (unpaired) electrons. The van der Waals surface area contributed by atoms with E-state index in [0.29, 0.717) is 17.8 Å². The van der Waals surface area contributed by atoms with Gasteiger partial charge in [0.15, 0.2) is 0 Å². The molecule has 0 aliphatic heterocycles. The summed E-state index contributed by atoms with van der Waals surface area (Å²) in [7, 11) is 1.94. The standard InChI is InChI=1S/C14H17N3O2/c1-10-3-4-11(14(18)19)12(9-10)15-6-5-13-16-7-8-17(13)2/h3-4,7-9,15H,5-6H2,1-2H3,(H,18,19). The van der Waals surface area contributed by atoms with Crippen molar-refractivity contribution in [3.63, 3.8) is 0 Å². The zero-order chi connectivity index (χ0) is 13.8. The van der Waals surface area contributed by atoms with Crippen molar-refractivity contribution in [1.29, 1.82) is 0 Å². The van der Waals surface area contributed by atoms with Crippen LogP contribution in [-0.4, -0.2) is 27.2 Å². The molecule has 0 saturated heterocycles. The molecule has 0 fully saturated rings. The highest BCUT2D eigenvalue weighted by atomic mass is 16.4. The Morgan fingerprint density at radius 1 is 1.47 bits per heavy atom. The van der Waals surface area contributed by atoms with Crippen molar-refractivity contribution in [2.75, 3.05) is 11.9 Å². The quantitative estimate of drug-likeness (QED) is 0.862. The van der Waals surface area contributed by atoms with Crippen LogP contribution in [-0.2, 0) is 13.5 Å². The molecule has 5 heteroatoms. The Bertz CT molecular complexity index is 590. The van der Waals surface area contributed by atoms with E-state index < -0.39 is 5.97 Å². The van der Waals surface area contributed by atoms with E-state index in [2.05, 4.69) is 10.3 Å².